The van der Waals surface area contributed by atoms with Crippen molar-refractivity contribution in [1.29, 1.82) is 0 Å². The summed E-state index contributed by atoms with van der Waals surface area (Å²) in [4.78, 5) is 14.7. The Kier molecular flexibility index (Phi) is 7.49. The van der Waals surface area contributed by atoms with E-state index in [2.05, 4.69) is 15.5 Å². The number of aliphatic hydroxyl groups excluding tert-OH is 1. The molecule has 4 rings (SSSR count). The number of phenols is 1. The number of aromatic nitrogens is 2. The summed E-state index contributed by atoms with van der Waals surface area (Å²) in [5.41, 5.74) is 0.208. The number of likely N-dealkylation sites (tertiary alicyclic amines) is 1. The number of nitrogens with zero attached hydrogens (tertiary/aromatic N) is 3. The quantitative estimate of drug-likeness (QED) is 0.568. The molecule has 0 bridgehead atoms. The zero-order valence-electron chi connectivity index (χ0n) is 19.7. The maximum Gasteiger partial charge on any atom is 0.416 e. The van der Waals surface area contributed by atoms with E-state index in [1.807, 2.05) is 4.90 Å². The minimum atomic E-state index is -4.54. The first-order chi connectivity index (χ1) is 16.6. The molecular formula is C25H31F3N4O3. The fraction of sp³-hybridized carbons (Fsp3) is 0.560. The highest BCUT2D eigenvalue weighted by molar-refractivity contribution is 5.76. The molecule has 10 heteroatoms. The average Bonchev–Trinajstić information content (AvgIpc) is 2.80. The van der Waals surface area contributed by atoms with E-state index in [-0.39, 0.29) is 23.6 Å². The van der Waals surface area contributed by atoms with E-state index in [0.29, 0.717) is 42.0 Å². The van der Waals surface area contributed by atoms with E-state index in [9.17, 15) is 28.2 Å². The van der Waals surface area contributed by atoms with E-state index in [4.69, 9.17) is 0 Å². The molecule has 0 spiro atoms. The van der Waals surface area contributed by atoms with Gasteiger partial charge in [0.05, 0.1) is 17.4 Å². The number of benzene rings is 1. The number of hydrogen-bond donors (Lipinski definition) is 3. The van der Waals surface area contributed by atoms with Crippen molar-refractivity contribution in [3.8, 4) is 17.0 Å². The standard InChI is InChI=1S/C25H31F3N4O3/c1-15-11-22(30-31-24(15)20-9-6-17(13-21(20)34)25(26,27)28)29-18-3-2-10-32(14-18)23(35)12-16-4-7-19(33)8-5-16/h6,9,11,13,16,18-19,33-34H,2-5,7-8,10,12,14H2,1H3,(H,29,30)/t16?,18-,19?/m1/s1. The molecule has 35 heavy (non-hydrogen) atoms. The van der Waals surface area contributed by atoms with Gasteiger partial charge in [-0.25, -0.2) is 0 Å². The van der Waals surface area contributed by atoms with Crippen LogP contribution in [0.15, 0.2) is 24.3 Å². The van der Waals surface area contributed by atoms with Crippen molar-refractivity contribution in [3.63, 3.8) is 0 Å². The van der Waals surface area contributed by atoms with Crippen molar-refractivity contribution in [2.24, 2.45) is 5.92 Å². The summed E-state index contributed by atoms with van der Waals surface area (Å²) in [6, 6.07) is 4.55. The highest BCUT2D eigenvalue weighted by atomic mass is 19.4. The molecule has 3 N–H and O–H groups in total. The van der Waals surface area contributed by atoms with Crippen molar-refractivity contribution in [1.82, 2.24) is 15.1 Å². The van der Waals surface area contributed by atoms with E-state index in [1.165, 1.54) is 6.07 Å². The van der Waals surface area contributed by atoms with Gasteiger partial charge in [0.25, 0.3) is 0 Å². The van der Waals surface area contributed by atoms with Gasteiger partial charge in [0, 0.05) is 31.1 Å². The Hall–Kier alpha value is -2.88. The number of amides is 1. The Morgan fingerprint density at radius 2 is 1.89 bits per heavy atom. The van der Waals surface area contributed by atoms with Crippen molar-refractivity contribution in [3.05, 3.63) is 35.4 Å². The summed E-state index contributed by atoms with van der Waals surface area (Å²) in [7, 11) is 0. The highest BCUT2D eigenvalue weighted by Gasteiger charge is 2.31. The van der Waals surface area contributed by atoms with Crippen LogP contribution in [0.3, 0.4) is 0 Å². The van der Waals surface area contributed by atoms with Crippen LogP contribution in [0.2, 0.25) is 0 Å². The second kappa shape index (κ2) is 10.4. The molecule has 2 heterocycles. The maximum absolute atomic E-state index is 12.9. The summed E-state index contributed by atoms with van der Waals surface area (Å²) < 4.78 is 38.7. The van der Waals surface area contributed by atoms with Gasteiger partial charge in [-0.2, -0.15) is 13.2 Å². The van der Waals surface area contributed by atoms with E-state index in [0.717, 1.165) is 51.1 Å². The molecule has 1 saturated heterocycles. The lowest BCUT2D eigenvalue weighted by molar-refractivity contribution is -0.137. The second-order valence-corrected chi connectivity index (χ2v) is 9.69. The molecule has 1 aliphatic heterocycles. The first-order valence-electron chi connectivity index (χ1n) is 12.1. The van der Waals surface area contributed by atoms with Gasteiger partial charge in [0.1, 0.15) is 11.6 Å². The molecule has 190 valence electrons. The van der Waals surface area contributed by atoms with E-state index in [1.54, 1.807) is 13.0 Å². The van der Waals surface area contributed by atoms with E-state index < -0.39 is 17.5 Å². The fourth-order valence-electron chi connectivity index (χ4n) is 4.99. The molecule has 1 saturated carbocycles. The lowest BCUT2D eigenvalue weighted by Crippen LogP contribution is -2.45. The molecule has 1 aliphatic carbocycles. The number of piperidine rings is 1. The van der Waals surface area contributed by atoms with Crippen molar-refractivity contribution >= 4 is 11.7 Å². The molecule has 1 amide bonds. The monoisotopic (exact) mass is 492 g/mol. The first-order valence-corrected chi connectivity index (χ1v) is 12.1. The van der Waals surface area contributed by atoms with Crippen LogP contribution in [-0.2, 0) is 11.0 Å². The van der Waals surface area contributed by atoms with Gasteiger partial charge in [-0.1, -0.05) is 0 Å². The average molecular weight is 493 g/mol. The number of anilines is 1. The lowest BCUT2D eigenvalue weighted by Gasteiger charge is -2.35. The SMILES string of the molecule is Cc1cc(N[C@@H]2CCCN(C(=O)CC3CCC(O)CC3)C2)nnc1-c1ccc(C(F)(F)F)cc1O. The summed E-state index contributed by atoms with van der Waals surface area (Å²) in [6.45, 7) is 3.05. The highest BCUT2D eigenvalue weighted by Crippen LogP contribution is 2.37. The van der Waals surface area contributed by atoms with Gasteiger partial charge in [0.15, 0.2) is 0 Å². The topological polar surface area (TPSA) is 98.6 Å². The number of aromatic hydroxyl groups is 1. The number of halogens is 3. The van der Waals surface area contributed by atoms with Gasteiger partial charge in [0.2, 0.25) is 5.91 Å². The largest absolute Gasteiger partial charge is 0.507 e. The van der Waals surface area contributed by atoms with Crippen molar-refractivity contribution < 1.29 is 28.2 Å². The van der Waals surface area contributed by atoms with E-state index >= 15 is 0 Å². The third-order valence-electron chi connectivity index (χ3n) is 6.97. The zero-order chi connectivity index (χ0) is 25.2. The number of carbonyl (C=O) groups is 1. The number of phenolic OH excluding ortho intramolecular Hbond substituents is 1. The smallest absolute Gasteiger partial charge is 0.416 e. The zero-order valence-corrected chi connectivity index (χ0v) is 19.7. The molecule has 1 aromatic heterocycles. The Balaban J connectivity index is 1.38. The van der Waals surface area contributed by atoms with Crippen LogP contribution >= 0.6 is 0 Å². The Morgan fingerprint density at radius 3 is 2.54 bits per heavy atom. The van der Waals surface area contributed by atoms with Crippen LogP contribution in [-0.4, -0.2) is 56.5 Å². The molecule has 2 aliphatic rings. The van der Waals surface area contributed by atoms with Crippen molar-refractivity contribution in [2.75, 3.05) is 18.4 Å². The fourth-order valence-corrected chi connectivity index (χ4v) is 4.99. The minimum Gasteiger partial charge on any atom is -0.507 e. The minimum absolute atomic E-state index is 0.0138. The number of alkyl halides is 3. The summed E-state index contributed by atoms with van der Waals surface area (Å²) in [5.74, 6) is 0.486. The third-order valence-corrected chi connectivity index (χ3v) is 6.97. The molecule has 0 unspecified atom stereocenters. The van der Waals surface area contributed by atoms with Crippen LogP contribution in [0, 0.1) is 12.8 Å². The van der Waals surface area contributed by atoms with Crippen LogP contribution in [0.25, 0.3) is 11.3 Å². The number of rotatable bonds is 5. The predicted molar refractivity (Wildman–Crippen MR) is 125 cm³/mol. The Bertz CT molecular complexity index is 1050. The van der Waals surface area contributed by atoms with Crippen molar-refractivity contribution in [2.45, 2.75) is 70.2 Å². The Morgan fingerprint density at radius 1 is 1.14 bits per heavy atom. The molecule has 0 radical (unpaired) electrons. The lowest BCUT2D eigenvalue weighted by atomic mass is 9.85. The third kappa shape index (κ3) is 6.22. The molecule has 2 aromatic rings. The summed E-state index contributed by atoms with van der Waals surface area (Å²) in [5, 5.41) is 31.5. The van der Waals surface area contributed by atoms with Crippen LogP contribution in [0.4, 0.5) is 19.0 Å². The molecule has 2 fully saturated rings. The van der Waals surface area contributed by atoms with Crippen LogP contribution in [0.1, 0.15) is 56.1 Å². The van der Waals surface area contributed by atoms with Gasteiger partial charge >= 0.3 is 6.18 Å². The molecule has 7 nitrogen and oxygen atoms in total. The van der Waals surface area contributed by atoms with Gasteiger partial charge < -0.3 is 20.4 Å². The maximum atomic E-state index is 12.9. The van der Waals surface area contributed by atoms with Crippen LogP contribution in [0.5, 0.6) is 5.75 Å². The Labute approximate surface area is 202 Å². The first kappa shape index (κ1) is 25.2. The number of aliphatic hydroxyl groups is 1. The number of hydrogen-bond acceptors (Lipinski definition) is 6. The molecular weight excluding hydrogens is 461 g/mol. The predicted octanol–water partition coefficient (Wildman–Crippen LogP) is 4.52. The molecule has 1 aromatic carbocycles. The number of nitrogens with one attached hydrogen (secondary N) is 1. The summed E-state index contributed by atoms with van der Waals surface area (Å²) in [6.07, 6.45) is 0.793. The van der Waals surface area contributed by atoms with Crippen LogP contribution < -0.4 is 5.32 Å². The van der Waals surface area contributed by atoms with Gasteiger partial charge in [-0.05, 0) is 81.2 Å². The van der Waals surface area contributed by atoms with Gasteiger partial charge in [-0.15, -0.1) is 10.2 Å². The second-order valence-electron chi connectivity index (χ2n) is 9.69. The molecule has 1 atom stereocenters. The normalized spacial score (nSPS) is 23.2. The number of aryl methyl sites for hydroxylation is 1. The number of carbonyl (C=O) groups excluding carboxylic acids is 1. The summed E-state index contributed by atoms with van der Waals surface area (Å²) >= 11 is 0. The van der Waals surface area contributed by atoms with Gasteiger partial charge in [-0.3, -0.25) is 4.79 Å².